The van der Waals surface area contributed by atoms with Crippen molar-refractivity contribution >= 4 is 11.5 Å². The number of ether oxygens (including phenoxy) is 4. The van der Waals surface area contributed by atoms with Crippen LogP contribution >= 0.6 is 0 Å². The highest BCUT2D eigenvalue weighted by Crippen LogP contribution is 2.62. The molecule has 0 N–H and O–H groups in total. The molecule has 2 aromatic rings. The molecule has 1 atom stereocenters. The van der Waals surface area contributed by atoms with Crippen LogP contribution in [0.2, 0.25) is 0 Å². The Bertz CT molecular complexity index is 1040. The molecule has 2 aromatic carbocycles. The van der Waals surface area contributed by atoms with Gasteiger partial charge in [0.2, 0.25) is 0 Å². The largest absolute Gasteiger partial charge is 0.467 e. The van der Waals surface area contributed by atoms with E-state index in [1.165, 1.54) is 50.4 Å². The van der Waals surface area contributed by atoms with Gasteiger partial charge in [0.15, 0.2) is 13.1 Å². The van der Waals surface area contributed by atoms with Crippen molar-refractivity contribution in [3.05, 3.63) is 71.5 Å². The number of methoxy groups -OCH3 is 1. The standard InChI is InChI=1S/C30H36O5/c1-20(18-33-29(31)25-7-5-4-6-8-25)26-9-10-27(28(14-26)35-19-34-21(2)32-3)30-15-22-11-23(16-30)13-24(12-22)17-30/h4-10,14,18,21-24H,11-13,15-17,19H2,1-3H3/b20-18+. The third-order valence-electron chi connectivity index (χ3n) is 8.25. The van der Waals surface area contributed by atoms with Crippen molar-refractivity contribution in [2.24, 2.45) is 17.8 Å². The zero-order chi connectivity index (χ0) is 24.4. The van der Waals surface area contributed by atoms with Gasteiger partial charge in [0.25, 0.3) is 0 Å². The summed E-state index contributed by atoms with van der Waals surface area (Å²) in [6.07, 6.45) is 9.17. The van der Waals surface area contributed by atoms with E-state index in [1.807, 2.05) is 32.0 Å². The van der Waals surface area contributed by atoms with Crippen molar-refractivity contribution in [3.63, 3.8) is 0 Å². The third kappa shape index (κ3) is 5.17. The number of allylic oxidation sites excluding steroid dienone is 1. The molecule has 4 bridgehead atoms. The molecule has 4 fully saturated rings. The van der Waals surface area contributed by atoms with Crippen molar-refractivity contribution in [2.75, 3.05) is 13.9 Å². The summed E-state index contributed by atoms with van der Waals surface area (Å²) in [5.74, 6) is 3.04. The zero-order valence-corrected chi connectivity index (χ0v) is 21.0. The van der Waals surface area contributed by atoms with Gasteiger partial charge >= 0.3 is 5.97 Å². The predicted molar refractivity (Wildman–Crippen MR) is 135 cm³/mol. The summed E-state index contributed by atoms with van der Waals surface area (Å²) in [4.78, 5) is 12.4. The molecule has 0 heterocycles. The molecule has 0 aromatic heterocycles. The van der Waals surface area contributed by atoms with Crippen molar-refractivity contribution in [3.8, 4) is 5.75 Å². The van der Waals surface area contributed by atoms with Crippen LogP contribution in [0, 0.1) is 17.8 Å². The second-order valence-electron chi connectivity index (χ2n) is 10.7. The molecular formula is C30H36O5. The first-order valence-corrected chi connectivity index (χ1v) is 12.8. The Kier molecular flexibility index (Phi) is 6.99. The fourth-order valence-corrected chi connectivity index (χ4v) is 6.88. The lowest BCUT2D eigenvalue weighted by atomic mass is 9.48. The SMILES string of the molecule is COC(C)OCOc1cc(/C(C)=C/OC(=O)c2ccccc2)ccc1C12CC3CC(CC(C3)C1)C2. The first-order valence-electron chi connectivity index (χ1n) is 12.8. The molecule has 0 saturated heterocycles. The highest BCUT2D eigenvalue weighted by Gasteiger charge is 2.52. The molecule has 4 aliphatic rings. The van der Waals surface area contributed by atoms with E-state index in [9.17, 15) is 4.79 Å². The van der Waals surface area contributed by atoms with Crippen LogP contribution in [-0.4, -0.2) is 26.2 Å². The highest BCUT2D eigenvalue weighted by molar-refractivity contribution is 5.90. The first-order chi connectivity index (χ1) is 17.0. The van der Waals surface area contributed by atoms with E-state index in [4.69, 9.17) is 18.9 Å². The van der Waals surface area contributed by atoms with E-state index in [-0.39, 0.29) is 24.5 Å². The van der Waals surface area contributed by atoms with Gasteiger partial charge < -0.3 is 18.9 Å². The molecule has 186 valence electrons. The third-order valence-corrected chi connectivity index (χ3v) is 8.25. The van der Waals surface area contributed by atoms with Gasteiger partial charge in [-0.2, -0.15) is 0 Å². The van der Waals surface area contributed by atoms with Gasteiger partial charge in [-0.05, 0) is 105 Å². The van der Waals surface area contributed by atoms with Gasteiger partial charge in [-0.15, -0.1) is 0 Å². The minimum absolute atomic E-state index is 0.129. The van der Waals surface area contributed by atoms with E-state index in [2.05, 4.69) is 18.2 Å². The fourth-order valence-electron chi connectivity index (χ4n) is 6.88. The number of carbonyl (C=O) groups excluding carboxylic acids is 1. The molecule has 5 heteroatoms. The average Bonchev–Trinajstić information content (AvgIpc) is 2.86. The summed E-state index contributed by atoms with van der Waals surface area (Å²) in [6, 6.07) is 15.5. The molecule has 0 spiro atoms. The Morgan fingerprint density at radius 3 is 2.29 bits per heavy atom. The van der Waals surface area contributed by atoms with Crippen LogP contribution in [0.25, 0.3) is 5.57 Å². The predicted octanol–water partition coefficient (Wildman–Crippen LogP) is 6.72. The Balaban J connectivity index is 1.39. The molecule has 5 nitrogen and oxygen atoms in total. The maximum atomic E-state index is 12.4. The van der Waals surface area contributed by atoms with Crippen LogP contribution in [0.15, 0.2) is 54.8 Å². The van der Waals surface area contributed by atoms with E-state index in [1.54, 1.807) is 19.2 Å². The Labute approximate surface area is 208 Å². The minimum Gasteiger partial charge on any atom is -0.467 e. The smallest absolute Gasteiger partial charge is 0.342 e. The van der Waals surface area contributed by atoms with Crippen molar-refractivity contribution in [2.45, 2.75) is 64.1 Å². The molecule has 1 unspecified atom stereocenters. The van der Waals surface area contributed by atoms with Crippen LogP contribution in [0.5, 0.6) is 5.75 Å². The normalized spacial score (nSPS) is 28.1. The maximum absolute atomic E-state index is 12.4. The molecule has 0 radical (unpaired) electrons. The molecule has 35 heavy (non-hydrogen) atoms. The summed E-state index contributed by atoms with van der Waals surface area (Å²) in [7, 11) is 1.62. The molecule has 4 saturated carbocycles. The maximum Gasteiger partial charge on any atom is 0.342 e. The average molecular weight is 477 g/mol. The number of benzene rings is 2. The lowest BCUT2D eigenvalue weighted by molar-refractivity contribution is -0.150. The molecule has 6 rings (SSSR count). The van der Waals surface area contributed by atoms with E-state index in [0.717, 1.165) is 34.6 Å². The van der Waals surface area contributed by atoms with Gasteiger partial charge in [0, 0.05) is 12.7 Å². The summed E-state index contributed by atoms with van der Waals surface area (Å²) in [5, 5.41) is 0. The monoisotopic (exact) mass is 476 g/mol. The zero-order valence-electron chi connectivity index (χ0n) is 21.0. The topological polar surface area (TPSA) is 54.0 Å². The Morgan fingerprint density at radius 1 is 1.00 bits per heavy atom. The first kappa shape index (κ1) is 24.1. The molecule has 0 aliphatic heterocycles. The summed E-state index contributed by atoms with van der Waals surface area (Å²) in [5.41, 5.74) is 3.87. The molecule has 4 aliphatic carbocycles. The van der Waals surface area contributed by atoms with E-state index in [0.29, 0.717) is 5.56 Å². The number of carbonyl (C=O) groups is 1. The second-order valence-corrected chi connectivity index (χ2v) is 10.7. The molecule has 0 amide bonds. The summed E-state index contributed by atoms with van der Waals surface area (Å²) in [6.45, 7) is 3.93. The van der Waals surface area contributed by atoms with Crippen LogP contribution in [0.4, 0.5) is 0 Å². The quantitative estimate of drug-likeness (QED) is 0.228. The van der Waals surface area contributed by atoms with Gasteiger partial charge in [-0.1, -0.05) is 30.3 Å². The minimum atomic E-state index is -0.367. The Morgan fingerprint density at radius 2 is 1.66 bits per heavy atom. The van der Waals surface area contributed by atoms with Crippen molar-refractivity contribution < 1.29 is 23.7 Å². The second kappa shape index (κ2) is 10.2. The van der Waals surface area contributed by atoms with Crippen LogP contribution < -0.4 is 4.74 Å². The van der Waals surface area contributed by atoms with Crippen LogP contribution in [-0.2, 0) is 19.6 Å². The van der Waals surface area contributed by atoms with Crippen LogP contribution in [0.3, 0.4) is 0 Å². The number of esters is 1. The van der Waals surface area contributed by atoms with E-state index >= 15 is 0 Å². The highest BCUT2D eigenvalue weighted by atomic mass is 16.7. The van der Waals surface area contributed by atoms with Gasteiger partial charge in [0.1, 0.15) is 5.75 Å². The lowest BCUT2D eigenvalue weighted by Crippen LogP contribution is -2.48. The summed E-state index contributed by atoms with van der Waals surface area (Å²) >= 11 is 0. The number of hydrogen-bond donors (Lipinski definition) is 0. The number of rotatable bonds is 9. The van der Waals surface area contributed by atoms with Crippen LogP contribution in [0.1, 0.15) is 73.9 Å². The van der Waals surface area contributed by atoms with Gasteiger partial charge in [-0.25, -0.2) is 4.79 Å². The summed E-state index contributed by atoms with van der Waals surface area (Å²) < 4.78 is 22.6. The van der Waals surface area contributed by atoms with E-state index < -0.39 is 0 Å². The Hall–Kier alpha value is -2.63. The van der Waals surface area contributed by atoms with Gasteiger partial charge in [-0.3, -0.25) is 0 Å². The lowest BCUT2D eigenvalue weighted by Gasteiger charge is -2.57. The van der Waals surface area contributed by atoms with Crippen molar-refractivity contribution in [1.29, 1.82) is 0 Å². The van der Waals surface area contributed by atoms with Gasteiger partial charge in [0.05, 0.1) is 11.8 Å². The fraction of sp³-hybridized carbons (Fsp3) is 0.500. The van der Waals surface area contributed by atoms with Crippen molar-refractivity contribution in [1.82, 2.24) is 0 Å². The molecular weight excluding hydrogens is 440 g/mol. The number of hydrogen-bond acceptors (Lipinski definition) is 5.